The highest BCUT2D eigenvalue weighted by Gasteiger charge is 2.33. The van der Waals surface area contributed by atoms with E-state index >= 15 is 0 Å². The van der Waals surface area contributed by atoms with Crippen LogP contribution >= 0.6 is 0 Å². The second kappa shape index (κ2) is 19.1. The molecule has 16 nitrogen and oxygen atoms in total. The maximum atomic E-state index is 13.9. The van der Waals surface area contributed by atoms with E-state index in [0.29, 0.717) is 39.3 Å². The van der Waals surface area contributed by atoms with E-state index in [1.807, 2.05) is 6.07 Å². The molecule has 0 saturated heterocycles. The fourth-order valence-electron chi connectivity index (χ4n) is 5.89. The Morgan fingerprint density at radius 1 is 0.793 bits per heavy atom. The van der Waals surface area contributed by atoms with Gasteiger partial charge in [0.15, 0.2) is 0 Å². The monoisotopic (exact) mass is 801 g/mol. The van der Waals surface area contributed by atoms with Crippen LogP contribution in [-0.4, -0.2) is 84.0 Å². The van der Waals surface area contributed by atoms with Crippen molar-refractivity contribution in [3.63, 3.8) is 0 Å². The highest BCUT2D eigenvalue weighted by molar-refractivity contribution is 6.33. The van der Waals surface area contributed by atoms with Gasteiger partial charge in [0.05, 0.1) is 31.9 Å². The van der Waals surface area contributed by atoms with Gasteiger partial charge >= 0.3 is 18.2 Å². The summed E-state index contributed by atoms with van der Waals surface area (Å²) in [7, 11) is 1.47. The Labute approximate surface area is 336 Å². The number of para-hydroxylation sites is 1. The van der Waals surface area contributed by atoms with E-state index in [1.165, 1.54) is 13.2 Å². The summed E-state index contributed by atoms with van der Waals surface area (Å²) in [5, 5.41) is 20.6. The van der Waals surface area contributed by atoms with Gasteiger partial charge in [-0.25, -0.2) is 14.4 Å². The van der Waals surface area contributed by atoms with Crippen molar-refractivity contribution in [2.45, 2.75) is 90.3 Å². The summed E-state index contributed by atoms with van der Waals surface area (Å²) in [6.07, 6.45) is -0.947. The molecular weight excluding hydrogens is 750 g/mol. The number of carbonyl (C=O) groups is 6. The lowest BCUT2D eigenvalue weighted by atomic mass is 9.94. The van der Waals surface area contributed by atoms with Crippen LogP contribution < -0.4 is 31.7 Å². The molecule has 0 unspecified atom stereocenters. The molecule has 4 rings (SSSR count). The zero-order chi connectivity index (χ0) is 42.8. The minimum atomic E-state index is -1.46. The summed E-state index contributed by atoms with van der Waals surface area (Å²) < 4.78 is 21.8. The average Bonchev–Trinajstić information content (AvgIpc) is 3.46. The number of hydrogen-bond donors (Lipinski definition) is 6. The Morgan fingerprint density at radius 2 is 1.47 bits per heavy atom. The van der Waals surface area contributed by atoms with Crippen molar-refractivity contribution < 1.29 is 52.8 Å². The molecule has 0 aromatic heterocycles. The molecule has 0 radical (unpaired) electrons. The number of rotatable bonds is 15. The molecule has 3 aromatic carbocycles. The number of ether oxygens (including phenoxy) is 4. The topological polar surface area (TPSA) is 234 Å². The third kappa shape index (κ3) is 12.8. The van der Waals surface area contributed by atoms with Crippen LogP contribution in [0, 0.1) is 0 Å². The number of methoxy groups -OCH3 is 1. The first-order chi connectivity index (χ1) is 27.3. The minimum Gasteiger partial charge on any atom is -0.496 e. The Morgan fingerprint density at radius 3 is 2.09 bits per heavy atom. The molecule has 3 aromatic rings. The number of aliphatic hydroxyl groups is 1. The largest absolute Gasteiger partial charge is 0.496 e. The number of benzene rings is 3. The zero-order valence-electron chi connectivity index (χ0n) is 33.6. The maximum absolute atomic E-state index is 13.9. The lowest BCUT2D eigenvalue weighted by molar-refractivity contribution is -0.159. The van der Waals surface area contributed by atoms with Crippen LogP contribution in [0.4, 0.5) is 15.3 Å². The normalized spacial score (nSPS) is 14.6. The summed E-state index contributed by atoms with van der Waals surface area (Å²) in [6, 6.07) is 15.4. The molecule has 58 heavy (non-hydrogen) atoms. The number of nitrogens with two attached hydrogens (primary N) is 1. The first kappa shape index (κ1) is 44.3. The van der Waals surface area contributed by atoms with Crippen molar-refractivity contribution in [1.29, 1.82) is 0 Å². The number of primary amides is 1. The van der Waals surface area contributed by atoms with Gasteiger partial charge in [0.2, 0.25) is 11.8 Å². The Bertz CT molecular complexity index is 2040. The van der Waals surface area contributed by atoms with Gasteiger partial charge in [-0.1, -0.05) is 54.6 Å². The van der Waals surface area contributed by atoms with Gasteiger partial charge in [-0.05, 0) is 70.9 Å². The van der Waals surface area contributed by atoms with E-state index in [9.17, 15) is 33.9 Å². The predicted molar refractivity (Wildman–Crippen MR) is 214 cm³/mol. The molecule has 310 valence electrons. The van der Waals surface area contributed by atoms with Crippen molar-refractivity contribution in [1.82, 2.24) is 16.0 Å². The number of hydrogen-bond acceptors (Lipinski definition) is 11. The molecule has 0 fully saturated rings. The molecule has 0 spiro atoms. The lowest BCUT2D eigenvalue weighted by Crippen LogP contribution is -2.54. The number of esters is 1. The number of carbonyl (C=O) groups excluding carboxylic acids is 6. The molecule has 1 heterocycles. The summed E-state index contributed by atoms with van der Waals surface area (Å²) >= 11 is 0. The highest BCUT2D eigenvalue weighted by atomic mass is 16.6. The van der Waals surface area contributed by atoms with Gasteiger partial charge in [0, 0.05) is 28.7 Å². The van der Waals surface area contributed by atoms with Crippen LogP contribution in [0.25, 0.3) is 16.7 Å². The molecule has 3 atom stereocenters. The van der Waals surface area contributed by atoms with Gasteiger partial charge in [0.1, 0.15) is 35.6 Å². The van der Waals surface area contributed by atoms with Gasteiger partial charge in [-0.15, -0.1) is 0 Å². The first-order valence-electron chi connectivity index (χ1n) is 18.5. The van der Waals surface area contributed by atoms with Gasteiger partial charge in [-0.3, -0.25) is 14.4 Å². The standard InChI is InChI=1S/C42H51N5O11/c1-41(2,3)57-38(52)32(21-34(43)49)45-37(51)31(46-39(53)56-23-24-12-9-8-10-13-24)19-25-16-17-33(55-7)29(18-25)27-14-11-15-28-30(36(50)47-35(27)28)20-26(22-48)44-40(54)58-42(4,5)6/h8-18,20,26,31-32,48H,19,21-23H2,1-7H3,(H2,43,49)(H,44,54)(H,45,51)(H,46,53)(H,47,50)/b30-20+/t26-,31-,32-/m0/s1. The maximum Gasteiger partial charge on any atom is 0.408 e. The van der Waals surface area contributed by atoms with E-state index in [-0.39, 0.29) is 18.6 Å². The van der Waals surface area contributed by atoms with Crippen LogP contribution in [0.3, 0.4) is 0 Å². The van der Waals surface area contributed by atoms with E-state index in [4.69, 9.17) is 24.7 Å². The Hall–Kier alpha value is -6.42. The summed E-state index contributed by atoms with van der Waals surface area (Å²) in [5.41, 5.74) is 7.07. The van der Waals surface area contributed by atoms with Crippen LogP contribution in [0.1, 0.15) is 64.7 Å². The predicted octanol–water partition coefficient (Wildman–Crippen LogP) is 4.12. The fraction of sp³-hybridized carbons (Fsp3) is 0.381. The van der Waals surface area contributed by atoms with Crippen LogP contribution in [-0.2, 0) is 46.4 Å². The number of alkyl carbamates (subject to hydrolysis) is 2. The zero-order valence-corrected chi connectivity index (χ0v) is 33.6. The highest BCUT2D eigenvalue weighted by Crippen LogP contribution is 2.43. The molecule has 7 N–H and O–H groups in total. The quantitative estimate of drug-likeness (QED) is 0.0727. The Kier molecular flexibility index (Phi) is 14.6. The SMILES string of the molecule is COc1ccc(C[C@H](NC(=O)OCc2ccccc2)C(=O)N[C@@H](CC(N)=O)C(=O)OC(C)(C)C)cc1-c1cccc2c1NC(=O)/C2=C/[C@@H](CO)NC(=O)OC(C)(C)C. The van der Waals surface area contributed by atoms with E-state index in [0.717, 1.165) is 0 Å². The number of nitrogens with one attached hydrogen (secondary N) is 4. The fourth-order valence-corrected chi connectivity index (χ4v) is 5.89. The van der Waals surface area contributed by atoms with Gasteiger partial charge in [-0.2, -0.15) is 0 Å². The smallest absolute Gasteiger partial charge is 0.408 e. The Balaban J connectivity index is 1.68. The van der Waals surface area contributed by atoms with Crippen LogP contribution in [0.5, 0.6) is 5.75 Å². The number of anilines is 1. The number of aliphatic hydroxyl groups excluding tert-OH is 1. The summed E-state index contributed by atoms with van der Waals surface area (Å²) in [4.78, 5) is 77.8. The molecule has 0 bridgehead atoms. The van der Waals surface area contributed by atoms with Crippen molar-refractivity contribution in [3.05, 3.63) is 89.5 Å². The molecule has 16 heteroatoms. The van der Waals surface area contributed by atoms with E-state index in [1.54, 1.807) is 102 Å². The molecule has 5 amide bonds. The van der Waals surface area contributed by atoms with Crippen molar-refractivity contribution >= 4 is 47.1 Å². The molecule has 1 aliphatic rings. The molecule has 1 aliphatic heterocycles. The van der Waals surface area contributed by atoms with Crippen LogP contribution in [0.2, 0.25) is 0 Å². The second-order valence-corrected chi connectivity index (χ2v) is 15.5. The second-order valence-electron chi connectivity index (χ2n) is 15.5. The summed E-state index contributed by atoms with van der Waals surface area (Å²) in [5.74, 6) is -2.66. The van der Waals surface area contributed by atoms with Crippen LogP contribution in [0.15, 0.2) is 72.8 Å². The number of amides is 5. The number of fused-ring (bicyclic) bond motifs is 1. The lowest BCUT2D eigenvalue weighted by Gasteiger charge is -2.26. The average molecular weight is 802 g/mol. The van der Waals surface area contributed by atoms with E-state index < -0.39 is 78.2 Å². The molecular formula is C42H51N5O11. The van der Waals surface area contributed by atoms with Crippen molar-refractivity contribution in [2.75, 3.05) is 19.0 Å². The van der Waals surface area contributed by atoms with Gasteiger partial charge < -0.3 is 51.1 Å². The molecule has 0 aliphatic carbocycles. The molecule has 0 saturated carbocycles. The third-order valence-electron chi connectivity index (χ3n) is 8.33. The first-order valence-corrected chi connectivity index (χ1v) is 18.5. The summed E-state index contributed by atoms with van der Waals surface area (Å²) in [6.45, 7) is 9.38. The third-order valence-corrected chi connectivity index (χ3v) is 8.33. The van der Waals surface area contributed by atoms with Gasteiger partial charge in [0.25, 0.3) is 5.91 Å². The van der Waals surface area contributed by atoms with Crippen molar-refractivity contribution in [2.24, 2.45) is 5.73 Å². The van der Waals surface area contributed by atoms with E-state index in [2.05, 4.69) is 21.3 Å². The van der Waals surface area contributed by atoms with Crippen molar-refractivity contribution in [3.8, 4) is 16.9 Å². The minimum absolute atomic E-state index is 0.0900.